The van der Waals surface area contributed by atoms with Gasteiger partial charge in [0.05, 0.1) is 10.2 Å². The van der Waals surface area contributed by atoms with E-state index in [9.17, 15) is 8.42 Å². The third-order valence-corrected chi connectivity index (χ3v) is 7.07. The molecule has 114 valence electrons. The van der Waals surface area contributed by atoms with E-state index in [1.807, 2.05) is 12.1 Å². The van der Waals surface area contributed by atoms with Crippen molar-refractivity contribution in [1.29, 1.82) is 0 Å². The molecule has 1 aromatic carbocycles. The van der Waals surface area contributed by atoms with Crippen molar-refractivity contribution in [2.24, 2.45) is 0 Å². The lowest BCUT2D eigenvalue weighted by Gasteiger charge is -2.33. The number of rotatable bonds is 3. The number of thiazole rings is 1. The summed E-state index contributed by atoms with van der Waals surface area (Å²) in [5, 5.41) is 0.170. The summed E-state index contributed by atoms with van der Waals surface area (Å²) in [5.74, 6) is 1.62. The predicted octanol–water partition coefficient (Wildman–Crippen LogP) is 1.80. The van der Waals surface area contributed by atoms with Gasteiger partial charge in [0.15, 0.2) is 15.0 Å². The number of nitrogens with two attached hydrogens (primary N) is 1. The highest BCUT2D eigenvalue weighted by Gasteiger charge is 2.30. The molecule has 1 fully saturated rings. The molecule has 3 rings (SSSR count). The Morgan fingerprint density at radius 3 is 3.05 bits per heavy atom. The summed E-state index contributed by atoms with van der Waals surface area (Å²) in [6.45, 7) is 1.44. The largest absolute Gasteiger partial charge is 0.375 e. The summed E-state index contributed by atoms with van der Waals surface area (Å²) in [7, 11) is -3.06. The summed E-state index contributed by atoms with van der Waals surface area (Å²) in [6.07, 6.45) is 1.32. The first-order chi connectivity index (χ1) is 9.93. The zero-order chi connectivity index (χ0) is 15.0. The number of hydrogen-bond donors (Lipinski definition) is 1. The van der Waals surface area contributed by atoms with Gasteiger partial charge in [-0.15, -0.1) is 0 Å². The molecule has 0 bridgehead atoms. The Bertz CT molecular complexity index is 757. The number of thioether (sulfide) groups is 1. The van der Waals surface area contributed by atoms with Gasteiger partial charge in [0.25, 0.3) is 0 Å². The number of fused-ring (bicyclic) bond motifs is 1. The van der Waals surface area contributed by atoms with Crippen LogP contribution in [0, 0.1) is 0 Å². The lowest BCUT2D eigenvalue weighted by Crippen LogP contribution is -2.46. The van der Waals surface area contributed by atoms with Gasteiger partial charge in [-0.05, 0) is 17.7 Å². The highest BCUT2D eigenvalue weighted by Crippen LogP contribution is 2.27. The van der Waals surface area contributed by atoms with E-state index in [1.165, 1.54) is 17.6 Å². The maximum atomic E-state index is 11.9. The molecule has 2 heterocycles. The molecule has 5 nitrogen and oxygen atoms in total. The van der Waals surface area contributed by atoms with Crippen molar-refractivity contribution < 1.29 is 8.42 Å². The summed E-state index contributed by atoms with van der Waals surface area (Å²) in [4.78, 5) is 6.29. The second kappa shape index (κ2) is 5.75. The molecule has 1 aliphatic heterocycles. The molecule has 0 saturated carbocycles. The summed E-state index contributed by atoms with van der Waals surface area (Å²) in [5.41, 5.74) is 7.72. The zero-order valence-electron chi connectivity index (χ0n) is 11.7. The maximum absolute atomic E-state index is 11.9. The summed E-state index contributed by atoms with van der Waals surface area (Å²) < 4.78 is 24.9. The third kappa shape index (κ3) is 3.33. The lowest BCUT2D eigenvalue weighted by atomic mass is 10.2. The smallest absolute Gasteiger partial charge is 0.181 e. The lowest BCUT2D eigenvalue weighted by molar-refractivity contribution is 0.262. The van der Waals surface area contributed by atoms with Gasteiger partial charge >= 0.3 is 0 Å². The Kier molecular flexibility index (Phi) is 4.13. The molecule has 2 aromatic rings. The molecule has 21 heavy (non-hydrogen) atoms. The predicted molar refractivity (Wildman–Crippen MR) is 90.4 cm³/mol. The minimum absolute atomic E-state index is 0.390. The van der Waals surface area contributed by atoms with Crippen LogP contribution in [-0.2, 0) is 16.4 Å². The van der Waals surface area contributed by atoms with E-state index in [0.717, 1.165) is 28.1 Å². The number of aromatic nitrogens is 1. The molecule has 1 aromatic heterocycles. The normalized spacial score (nSPS) is 20.9. The molecule has 1 unspecified atom stereocenters. The average molecular weight is 343 g/mol. The van der Waals surface area contributed by atoms with Crippen molar-refractivity contribution in [3.05, 3.63) is 23.8 Å². The number of sulfone groups is 1. The topological polar surface area (TPSA) is 76.3 Å². The van der Waals surface area contributed by atoms with E-state index >= 15 is 0 Å². The van der Waals surface area contributed by atoms with Crippen LogP contribution in [-0.4, -0.2) is 48.0 Å². The van der Waals surface area contributed by atoms with Crippen molar-refractivity contribution >= 4 is 48.3 Å². The first-order valence-electron chi connectivity index (χ1n) is 6.59. The number of anilines is 1. The van der Waals surface area contributed by atoms with Gasteiger partial charge in [-0.25, -0.2) is 13.4 Å². The molecule has 8 heteroatoms. The number of hydrogen-bond acceptors (Lipinski definition) is 7. The van der Waals surface area contributed by atoms with Crippen molar-refractivity contribution in [2.75, 3.05) is 30.0 Å². The van der Waals surface area contributed by atoms with Crippen LogP contribution in [0.15, 0.2) is 18.2 Å². The number of nitrogens with zero attached hydrogens (tertiary/aromatic N) is 2. The van der Waals surface area contributed by atoms with E-state index < -0.39 is 15.2 Å². The minimum atomic E-state index is -3.06. The monoisotopic (exact) mass is 343 g/mol. The molecule has 0 amide bonds. The van der Waals surface area contributed by atoms with E-state index in [0.29, 0.717) is 17.4 Å². The second-order valence-electron chi connectivity index (χ2n) is 5.18. The molecule has 1 saturated heterocycles. The van der Waals surface area contributed by atoms with E-state index in [4.69, 9.17) is 5.73 Å². The number of benzene rings is 1. The Labute approximate surface area is 132 Å². The molecular weight excluding hydrogens is 326 g/mol. The second-order valence-corrected chi connectivity index (χ2v) is 9.60. The molecule has 0 radical (unpaired) electrons. The van der Waals surface area contributed by atoms with Crippen LogP contribution in [0.2, 0.25) is 0 Å². The van der Waals surface area contributed by atoms with Gasteiger partial charge in [0.1, 0.15) is 5.37 Å². The van der Waals surface area contributed by atoms with E-state index in [2.05, 4.69) is 16.0 Å². The summed E-state index contributed by atoms with van der Waals surface area (Å²) >= 11 is 3.17. The van der Waals surface area contributed by atoms with Crippen LogP contribution >= 0.6 is 23.1 Å². The van der Waals surface area contributed by atoms with Gasteiger partial charge in [0.2, 0.25) is 0 Å². The zero-order valence-corrected chi connectivity index (χ0v) is 14.1. The SMILES string of the molecule is CS(=O)(=O)C1CSCCN1Cc1ccc2nc(N)sc2c1. The van der Waals surface area contributed by atoms with E-state index in [1.54, 1.807) is 11.8 Å². The molecule has 1 atom stereocenters. The highest BCUT2D eigenvalue weighted by molar-refractivity contribution is 8.00. The van der Waals surface area contributed by atoms with Gasteiger partial charge < -0.3 is 5.73 Å². The van der Waals surface area contributed by atoms with Crippen molar-refractivity contribution in [3.8, 4) is 0 Å². The molecule has 0 spiro atoms. The van der Waals surface area contributed by atoms with Crippen LogP contribution in [0.1, 0.15) is 5.56 Å². The maximum Gasteiger partial charge on any atom is 0.181 e. The first-order valence-corrected chi connectivity index (χ1v) is 10.5. The molecular formula is C13H17N3O2S3. The fraction of sp³-hybridized carbons (Fsp3) is 0.462. The average Bonchev–Trinajstić information content (AvgIpc) is 2.77. The Balaban J connectivity index is 1.85. The van der Waals surface area contributed by atoms with Crippen molar-refractivity contribution in [2.45, 2.75) is 11.9 Å². The first kappa shape index (κ1) is 15.1. The third-order valence-electron chi connectivity index (χ3n) is 3.54. The van der Waals surface area contributed by atoms with E-state index in [-0.39, 0.29) is 0 Å². The van der Waals surface area contributed by atoms with Crippen LogP contribution in [0.25, 0.3) is 10.2 Å². The van der Waals surface area contributed by atoms with Gasteiger partial charge in [-0.1, -0.05) is 17.4 Å². The standard InChI is InChI=1S/C13H17N3O2S3/c1-21(17,18)12-8-19-5-4-16(12)7-9-2-3-10-11(6-9)20-13(14)15-10/h2-3,6,12H,4-5,7-8H2,1H3,(H2,14,15). The fourth-order valence-electron chi connectivity index (χ4n) is 2.51. The molecule has 2 N–H and O–H groups in total. The summed E-state index contributed by atoms with van der Waals surface area (Å²) in [6, 6.07) is 6.01. The Morgan fingerprint density at radius 1 is 1.48 bits per heavy atom. The van der Waals surface area contributed by atoms with Crippen molar-refractivity contribution in [3.63, 3.8) is 0 Å². The van der Waals surface area contributed by atoms with Gasteiger partial charge in [0, 0.05) is 30.9 Å². The molecule has 1 aliphatic rings. The quantitative estimate of drug-likeness (QED) is 0.916. The van der Waals surface area contributed by atoms with Crippen LogP contribution < -0.4 is 5.73 Å². The minimum Gasteiger partial charge on any atom is -0.375 e. The van der Waals surface area contributed by atoms with Crippen LogP contribution in [0.4, 0.5) is 5.13 Å². The number of nitrogen functional groups attached to an aromatic ring is 1. The van der Waals surface area contributed by atoms with Crippen LogP contribution in [0.3, 0.4) is 0 Å². The van der Waals surface area contributed by atoms with Crippen molar-refractivity contribution in [1.82, 2.24) is 9.88 Å². The van der Waals surface area contributed by atoms with Crippen LogP contribution in [0.5, 0.6) is 0 Å². The Hall–Kier alpha value is -0.830. The highest BCUT2D eigenvalue weighted by atomic mass is 32.2. The fourth-order valence-corrected chi connectivity index (χ4v) is 6.25. The Morgan fingerprint density at radius 2 is 2.29 bits per heavy atom. The molecule has 0 aliphatic carbocycles. The van der Waals surface area contributed by atoms with Gasteiger partial charge in [-0.2, -0.15) is 11.8 Å². The van der Waals surface area contributed by atoms with Gasteiger partial charge in [-0.3, -0.25) is 4.90 Å².